The molecule has 6 nitrogen and oxygen atoms in total. The molecule has 298 valence electrons. The van der Waals surface area contributed by atoms with Crippen molar-refractivity contribution in [1.82, 2.24) is 0 Å². The van der Waals surface area contributed by atoms with E-state index in [9.17, 15) is 21.0 Å². The van der Waals surface area contributed by atoms with Crippen LogP contribution >= 0.6 is 0 Å². The van der Waals surface area contributed by atoms with Crippen molar-refractivity contribution in [2.45, 2.75) is 76.0 Å². The molecule has 0 aromatic heterocycles. The van der Waals surface area contributed by atoms with Gasteiger partial charge in [-0.15, -0.1) is 0 Å². The third kappa shape index (κ3) is 6.82. The van der Waals surface area contributed by atoms with Gasteiger partial charge in [0.1, 0.15) is 0 Å². The van der Waals surface area contributed by atoms with E-state index in [1.807, 2.05) is 97.1 Å². The summed E-state index contributed by atoms with van der Waals surface area (Å²) in [5.41, 5.74) is 11.0. The SMILES string of the molecule is N#Cc1ccc(N(c2ccc(C#N)cc2)c2cc(C3CCCCC3)c3ccc4c(N(c5ccc(C#N)cc5)c5ccc(C#N)cc5)cc(C5CCCCC5)c5ccc2c3c54)cc1. The van der Waals surface area contributed by atoms with Crippen LogP contribution < -0.4 is 9.80 Å². The lowest BCUT2D eigenvalue weighted by molar-refractivity contribution is 0.445. The van der Waals surface area contributed by atoms with E-state index in [0.717, 1.165) is 70.6 Å². The minimum absolute atomic E-state index is 0.405. The summed E-state index contributed by atoms with van der Waals surface area (Å²) in [6.07, 6.45) is 11.9. The summed E-state index contributed by atoms with van der Waals surface area (Å²) in [6.45, 7) is 0. The largest absolute Gasteiger partial charge is 0.310 e. The van der Waals surface area contributed by atoms with Gasteiger partial charge in [-0.25, -0.2) is 0 Å². The maximum Gasteiger partial charge on any atom is 0.0991 e. The van der Waals surface area contributed by atoms with E-state index in [1.165, 1.54) is 71.2 Å². The molecule has 0 amide bonds. The Morgan fingerprint density at radius 2 is 0.613 bits per heavy atom. The maximum absolute atomic E-state index is 9.79. The molecule has 2 fully saturated rings. The van der Waals surface area contributed by atoms with Gasteiger partial charge in [-0.1, -0.05) is 62.8 Å². The third-order valence-electron chi connectivity index (χ3n) is 13.5. The Labute approximate surface area is 363 Å². The molecule has 6 heteroatoms. The summed E-state index contributed by atoms with van der Waals surface area (Å²) in [4.78, 5) is 4.62. The van der Waals surface area contributed by atoms with Gasteiger partial charge in [0.05, 0.1) is 57.9 Å². The average molecular weight is 801 g/mol. The van der Waals surface area contributed by atoms with E-state index < -0.39 is 0 Å². The number of rotatable bonds is 8. The molecular formula is C56H44N6. The van der Waals surface area contributed by atoms with Crippen LogP contribution in [0, 0.1) is 45.3 Å². The highest BCUT2D eigenvalue weighted by Gasteiger charge is 2.29. The highest BCUT2D eigenvalue weighted by molar-refractivity contribution is 6.29. The molecule has 0 spiro atoms. The highest BCUT2D eigenvalue weighted by atomic mass is 15.1. The first-order valence-corrected chi connectivity index (χ1v) is 22.0. The zero-order chi connectivity index (χ0) is 42.2. The van der Waals surface area contributed by atoms with Crippen molar-refractivity contribution in [3.05, 3.63) is 167 Å². The van der Waals surface area contributed by atoms with E-state index in [0.29, 0.717) is 34.1 Å². The summed E-state index contributed by atoms with van der Waals surface area (Å²) >= 11 is 0. The predicted molar refractivity (Wildman–Crippen MR) is 250 cm³/mol. The smallest absolute Gasteiger partial charge is 0.0991 e. The number of anilines is 6. The van der Waals surface area contributed by atoms with Crippen molar-refractivity contribution in [2.75, 3.05) is 9.80 Å². The van der Waals surface area contributed by atoms with Gasteiger partial charge < -0.3 is 9.80 Å². The number of benzene rings is 8. The summed E-state index contributed by atoms with van der Waals surface area (Å²) < 4.78 is 0. The molecule has 2 aliphatic rings. The molecule has 8 aromatic rings. The molecule has 0 N–H and O–H groups in total. The van der Waals surface area contributed by atoms with Gasteiger partial charge in [0.15, 0.2) is 0 Å². The summed E-state index contributed by atoms with van der Waals surface area (Å²) in [5.74, 6) is 0.809. The Hall–Kier alpha value is -7.64. The molecular weight excluding hydrogens is 757 g/mol. The van der Waals surface area contributed by atoms with Crippen LogP contribution in [0.4, 0.5) is 34.1 Å². The normalized spacial score (nSPS) is 14.6. The zero-order valence-corrected chi connectivity index (χ0v) is 34.6. The highest BCUT2D eigenvalue weighted by Crippen LogP contribution is 2.53. The quantitative estimate of drug-likeness (QED) is 0.142. The van der Waals surface area contributed by atoms with Crippen molar-refractivity contribution in [2.24, 2.45) is 0 Å². The molecule has 0 radical (unpaired) electrons. The lowest BCUT2D eigenvalue weighted by Crippen LogP contribution is -2.14. The predicted octanol–water partition coefficient (Wildman–Crippen LogP) is 15.1. The first kappa shape index (κ1) is 38.6. The maximum atomic E-state index is 9.79. The van der Waals surface area contributed by atoms with E-state index in [-0.39, 0.29) is 0 Å². The fourth-order valence-corrected chi connectivity index (χ4v) is 10.5. The van der Waals surface area contributed by atoms with Crippen LogP contribution in [0.2, 0.25) is 0 Å². The Kier molecular flexibility index (Phi) is 10.2. The van der Waals surface area contributed by atoms with E-state index in [1.54, 1.807) is 0 Å². The molecule has 0 aliphatic heterocycles. The monoisotopic (exact) mass is 800 g/mol. The van der Waals surface area contributed by atoms with Crippen LogP contribution in [0.15, 0.2) is 133 Å². The average Bonchev–Trinajstić information content (AvgIpc) is 3.35. The second kappa shape index (κ2) is 16.4. The Morgan fingerprint density at radius 1 is 0.339 bits per heavy atom. The molecule has 0 heterocycles. The number of hydrogen-bond acceptors (Lipinski definition) is 6. The molecule has 10 rings (SSSR count). The van der Waals surface area contributed by atoms with Gasteiger partial charge in [-0.05, 0) is 179 Å². The molecule has 2 aliphatic carbocycles. The Bertz CT molecular complexity index is 2780. The first-order chi connectivity index (χ1) is 30.6. The van der Waals surface area contributed by atoms with Gasteiger partial charge in [0.25, 0.3) is 0 Å². The molecule has 0 saturated heterocycles. The topological polar surface area (TPSA) is 102 Å². The molecule has 8 aromatic carbocycles. The van der Waals surface area contributed by atoms with E-state index in [2.05, 4.69) is 70.5 Å². The third-order valence-corrected chi connectivity index (χ3v) is 13.5. The van der Waals surface area contributed by atoms with Crippen LogP contribution in [0.3, 0.4) is 0 Å². The second-order valence-corrected chi connectivity index (χ2v) is 17.0. The first-order valence-electron chi connectivity index (χ1n) is 22.0. The summed E-state index contributed by atoms with van der Waals surface area (Å²) in [6, 6.07) is 54.8. The van der Waals surface area contributed by atoms with Crippen molar-refractivity contribution >= 4 is 66.4 Å². The fraction of sp³-hybridized carbons (Fsp3) is 0.214. The Balaban J connectivity index is 1.33. The van der Waals surface area contributed by atoms with Crippen molar-refractivity contribution in [1.29, 1.82) is 21.0 Å². The van der Waals surface area contributed by atoms with Gasteiger partial charge in [-0.2, -0.15) is 21.0 Å². The molecule has 62 heavy (non-hydrogen) atoms. The molecule has 2 saturated carbocycles. The zero-order valence-electron chi connectivity index (χ0n) is 34.6. The lowest BCUT2D eigenvalue weighted by Gasteiger charge is -2.33. The van der Waals surface area contributed by atoms with Crippen molar-refractivity contribution in [3.8, 4) is 24.3 Å². The second-order valence-electron chi connectivity index (χ2n) is 17.0. The standard InChI is InChI=1S/C56H44N6/c57-33-37-11-19-43(20-12-37)61(44-21-13-38(34-58)14-22-44)53-31-51(41-7-3-1-4-8-41)47-27-29-50-54(32-52(42-9-5-2-6-10-42)48-28-30-49(53)55(47)56(48)50)62(45-23-15-39(35-59)16-24-45)46-25-17-40(36-60)18-26-46/h11-32,41-42H,1-10H2. The van der Waals surface area contributed by atoms with Crippen molar-refractivity contribution in [3.63, 3.8) is 0 Å². The lowest BCUT2D eigenvalue weighted by atomic mass is 9.77. The minimum Gasteiger partial charge on any atom is -0.310 e. The van der Waals surface area contributed by atoms with E-state index >= 15 is 0 Å². The van der Waals surface area contributed by atoms with Gasteiger partial charge in [-0.3, -0.25) is 0 Å². The van der Waals surface area contributed by atoms with Crippen molar-refractivity contribution < 1.29 is 0 Å². The molecule has 0 unspecified atom stereocenters. The summed E-state index contributed by atoms with van der Waals surface area (Å²) in [7, 11) is 0. The molecule has 0 atom stereocenters. The fourth-order valence-electron chi connectivity index (χ4n) is 10.5. The molecule has 0 bridgehead atoms. The van der Waals surface area contributed by atoms with Crippen LogP contribution in [0.1, 0.15) is 109 Å². The van der Waals surface area contributed by atoms with Gasteiger partial charge in [0, 0.05) is 33.5 Å². The van der Waals surface area contributed by atoms with Crippen LogP contribution in [-0.4, -0.2) is 0 Å². The number of nitriles is 4. The number of hydrogen-bond donors (Lipinski definition) is 0. The minimum atomic E-state index is 0.405. The number of nitrogens with zero attached hydrogens (tertiary/aromatic N) is 6. The van der Waals surface area contributed by atoms with Crippen LogP contribution in [0.5, 0.6) is 0 Å². The Morgan fingerprint density at radius 3 is 0.887 bits per heavy atom. The van der Waals surface area contributed by atoms with Gasteiger partial charge in [0.2, 0.25) is 0 Å². The van der Waals surface area contributed by atoms with E-state index in [4.69, 9.17) is 0 Å². The summed E-state index contributed by atoms with van der Waals surface area (Å²) in [5, 5.41) is 46.5. The van der Waals surface area contributed by atoms with Crippen LogP contribution in [0.25, 0.3) is 32.3 Å². The van der Waals surface area contributed by atoms with Crippen LogP contribution in [-0.2, 0) is 0 Å². The van der Waals surface area contributed by atoms with Gasteiger partial charge >= 0.3 is 0 Å².